The maximum Gasteiger partial charge on any atom is 0.108 e. The van der Waals surface area contributed by atoms with Crippen LogP contribution in [-0.2, 0) is 13.0 Å². The van der Waals surface area contributed by atoms with Gasteiger partial charge < -0.3 is 19.3 Å². The number of imidazole rings is 1. The van der Waals surface area contributed by atoms with Gasteiger partial charge in [-0.1, -0.05) is 6.92 Å². The molecular formula is C18H33N5. The molecule has 3 rings (SSSR count). The van der Waals surface area contributed by atoms with Crippen LogP contribution in [0, 0.1) is 5.92 Å². The molecule has 2 aliphatic rings. The van der Waals surface area contributed by atoms with Crippen LogP contribution in [0.5, 0.6) is 0 Å². The minimum absolute atomic E-state index is 0.862. The Morgan fingerprint density at radius 3 is 2.70 bits per heavy atom. The lowest BCUT2D eigenvalue weighted by Gasteiger charge is -2.38. The smallest absolute Gasteiger partial charge is 0.108 e. The van der Waals surface area contributed by atoms with Crippen molar-refractivity contribution < 1.29 is 0 Å². The summed E-state index contributed by atoms with van der Waals surface area (Å²) in [6.07, 6.45) is 7.87. The zero-order valence-corrected chi connectivity index (χ0v) is 15.0. The molecule has 0 aliphatic carbocycles. The molecule has 0 amide bonds. The molecule has 1 aromatic heterocycles. The first-order valence-corrected chi connectivity index (χ1v) is 9.38. The van der Waals surface area contributed by atoms with Crippen molar-refractivity contribution in [3.8, 4) is 0 Å². The predicted octanol–water partition coefficient (Wildman–Crippen LogP) is 1.40. The van der Waals surface area contributed by atoms with E-state index in [1.54, 1.807) is 0 Å². The standard InChI is InChI=1S/C18H33N5/c1-3-18-19-6-8-23(18)14-13-21-7-4-5-17(15-21)16-22-11-9-20(2)10-12-22/h6,8,17H,3-5,7,9-16H2,1-2H3. The molecule has 0 saturated carbocycles. The van der Waals surface area contributed by atoms with Gasteiger partial charge in [0.25, 0.3) is 0 Å². The molecule has 23 heavy (non-hydrogen) atoms. The van der Waals surface area contributed by atoms with Gasteiger partial charge in [0, 0.05) is 71.2 Å². The normalized spacial score (nSPS) is 25.0. The van der Waals surface area contributed by atoms with Crippen molar-refractivity contribution in [1.29, 1.82) is 0 Å². The number of nitrogens with zero attached hydrogens (tertiary/aromatic N) is 5. The predicted molar refractivity (Wildman–Crippen MR) is 94.7 cm³/mol. The third-order valence-electron chi connectivity index (χ3n) is 5.49. The van der Waals surface area contributed by atoms with Crippen LogP contribution in [0.15, 0.2) is 12.4 Å². The lowest BCUT2D eigenvalue weighted by molar-refractivity contribution is 0.0978. The van der Waals surface area contributed by atoms with E-state index in [-0.39, 0.29) is 0 Å². The summed E-state index contributed by atoms with van der Waals surface area (Å²) in [6.45, 7) is 13.3. The number of piperazine rings is 1. The molecule has 0 bridgehead atoms. The lowest BCUT2D eigenvalue weighted by Crippen LogP contribution is -2.48. The second kappa shape index (κ2) is 8.27. The summed E-state index contributed by atoms with van der Waals surface area (Å²) in [4.78, 5) is 12.2. The zero-order chi connectivity index (χ0) is 16.1. The van der Waals surface area contributed by atoms with Gasteiger partial charge in [0.15, 0.2) is 0 Å². The molecular weight excluding hydrogens is 286 g/mol. The number of hydrogen-bond donors (Lipinski definition) is 0. The Labute approximate surface area is 141 Å². The molecule has 1 aromatic rings. The van der Waals surface area contributed by atoms with E-state index in [2.05, 4.69) is 44.4 Å². The van der Waals surface area contributed by atoms with Crippen LogP contribution in [0.4, 0.5) is 0 Å². The van der Waals surface area contributed by atoms with E-state index in [4.69, 9.17) is 0 Å². The minimum Gasteiger partial charge on any atom is -0.334 e. The van der Waals surface area contributed by atoms with Gasteiger partial charge in [-0.25, -0.2) is 4.98 Å². The van der Waals surface area contributed by atoms with Gasteiger partial charge in [-0.3, -0.25) is 0 Å². The number of likely N-dealkylation sites (tertiary alicyclic amines) is 1. The van der Waals surface area contributed by atoms with Crippen molar-refractivity contribution in [2.24, 2.45) is 5.92 Å². The third-order valence-corrected chi connectivity index (χ3v) is 5.49. The highest BCUT2D eigenvalue weighted by atomic mass is 15.3. The molecule has 5 heteroatoms. The molecule has 0 N–H and O–H groups in total. The third kappa shape index (κ3) is 4.78. The van der Waals surface area contributed by atoms with Gasteiger partial charge >= 0.3 is 0 Å². The Morgan fingerprint density at radius 2 is 1.91 bits per heavy atom. The average Bonchev–Trinajstić information content (AvgIpc) is 3.03. The van der Waals surface area contributed by atoms with Crippen molar-refractivity contribution in [2.45, 2.75) is 32.7 Å². The van der Waals surface area contributed by atoms with Crippen LogP contribution in [0.3, 0.4) is 0 Å². The number of piperidine rings is 1. The summed E-state index contributed by atoms with van der Waals surface area (Å²) in [7, 11) is 2.24. The summed E-state index contributed by atoms with van der Waals surface area (Å²) in [6, 6.07) is 0. The lowest BCUT2D eigenvalue weighted by atomic mass is 9.97. The van der Waals surface area contributed by atoms with E-state index in [0.29, 0.717) is 0 Å². The number of hydrogen-bond acceptors (Lipinski definition) is 4. The monoisotopic (exact) mass is 319 g/mol. The van der Waals surface area contributed by atoms with Crippen molar-refractivity contribution >= 4 is 0 Å². The highest BCUT2D eigenvalue weighted by Gasteiger charge is 2.23. The number of rotatable bonds is 6. The van der Waals surface area contributed by atoms with Crippen molar-refractivity contribution in [3.05, 3.63) is 18.2 Å². The van der Waals surface area contributed by atoms with E-state index in [1.807, 2.05) is 6.20 Å². The van der Waals surface area contributed by atoms with Crippen molar-refractivity contribution in [3.63, 3.8) is 0 Å². The molecule has 2 aliphatic heterocycles. The average molecular weight is 319 g/mol. The van der Waals surface area contributed by atoms with Crippen LogP contribution >= 0.6 is 0 Å². The molecule has 0 spiro atoms. The van der Waals surface area contributed by atoms with Gasteiger partial charge in [0.1, 0.15) is 5.82 Å². The van der Waals surface area contributed by atoms with E-state index in [1.165, 1.54) is 71.0 Å². The highest BCUT2D eigenvalue weighted by molar-refractivity contribution is 4.91. The molecule has 3 heterocycles. The topological polar surface area (TPSA) is 27.5 Å². The van der Waals surface area contributed by atoms with E-state index in [9.17, 15) is 0 Å². The molecule has 0 radical (unpaired) electrons. The fraction of sp³-hybridized carbons (Fsp3) is 0.833. The maximum atomic E-state index is 4.43. The zero-order valence-electron chi connectivity index (χ0n) is 15.0. The van der Waals surface area contributed by atoms with E-state index < -0.39 is 0 Å². The van der Waals surface area contributed by atoms with Crippen molar-refractivity contribution in [2.75, 3.05) is 59.4 Å². The number of likely N-dealkylation sites (N-methyl/N-ethyl adjacent to an activating group) is 1. The molecule has 130 valence electrons. The van der Waals surface area contributed by atoms with Crippen LogP contribution in [0.25, 0.3) is 0 Å². The summed E-state index contributed by atoms with van der Waals surface area (Å²) < 4.78 is 2.32. The summed E-state index contributed by atoms with van der Waals surface area (Å²) in [5.41, 5.74) is 0. The quantitative estimate of drug-likeness (QED) is 0.792. The number of aromatic nitrogens is 2. The van der Waals surface area contributed by atoms with Crippen molar-refractivity contribution in [1.82, 2.24) is 24.3 Å². The SMILES string of the molecule is CCc1nccn1CCN1CCCC(CN2CCN(C)CC2)C1. The molecule has 5 nitrogen and oxygen atoms in total. The van der Waals surface area contributed by atoms with Crippen LogP contribution in [0.1, 0.15) is 25.6 Å². The second-order valence-corrected chi connectivity index (χ2v) is 7.30. The Morgan fingerprint density at radius 1 is 1.09 bits per heavy atom. The Hall–Kier alpha value is -0.910. The fourth-order valence-corrected chi connectivity index (χ4v) is 4.01. The van der Waals surface area contributed by atoms with Gasteiger partial charge in [-0.05, 0) is 32.4 Å². The van der Waals surface area contributed by atoms with Gasteiger partial charge in [-0.2, -0.15) is 0 Å². The molecule has 1 unspecified atom stereocenters. The Kier molecular flexibility index (Phi) is 6.08. The number of aryl methyl sites for hydroxylation is 1. The maximum absolute atomic E-state index is 4.43. The minimum atomic E-state index is 0.862. The van der Waals surface area contributed by atoms with Crippen LogP contribution in [-0.4, -0.2) is 83.7 Å². The van der Waals surface area contributed by atoms with Gasteiger partial charge in [-0.15, -0.1) is 0 Å². The Balaban J connectivity index is 1.43. The summed E-state index contributed by atoms with van der Waals surface area (Å²) >= 11 is 0. The van der Waals surface area contributed by atoms with Crippen LogP contribution < -0.4 is 0 Å². The van der Waals surface area contributed by atoms with Gasteiger partial charge in [0.2, 0.25) is 0 Å². The molecule has 0 aromatic carbocycles. The largest absolute Gasteiger partial charge is 0.334 e. The van der Waals surface area contributed by atoms with E-state index in [0.717, 1.165) is 18.9 Å². The summed E-state index contributed by atoms with van der Waals surface area (Å²) in [5.74, 6) is 2.08. The Bertz CT molecular complexity index is 464. The first-order valence-electron chi connectivity index (χ1n) is 9.38. The molecule has 2 fully saturated rings. The highest BCUT2D eigenvalue weighted by Crippen LogP contribution is 2.18. The summed E-state index contributed by atoms with van der Waals surface area (Å²) in [5, 5.41) is 0. The first kappa shape index (κ1) is 16.9. The van der Waals surface area contributed by atoms with Gasteiger partial charge in [0.05, 0.1) is 0 Å². The fourth-order valence-electron chi connectivity index (χ4n) is 4.01. The molecule has 1 atom stereocenters. The van der Waals surface area contributed by atoms with E-state index >= 15 is 0 Å². The first-order chi connectivity index (χ1) is 11.2. The second-order valence-electron chi connectivity index (χ2n) is 7.30. The molecule has 2 saturated heterocycles. The van der Waals surface area contributed by atoms with Crippen LogP contribution in [0.2, 0.25) is 0 Å².